The summed E-state index contributed by atoms with van der Waals surface area (Å²) in [6.07, 6.45) is 0.679. The third-order valence-corrected chi connectivity index (χ3v) is 8.58. The van der Waals surface area contributed by atoms with Gasteiger partial charge in [-0.3, -0.25) is 0 Å². The lowest BCUT2D eigenvalue weighted by molar-refractivity contribution is -0.0781. The number of amides is 1. The summed E-state index contributed by atoms with van der Waals surface area (Å²) in [5.41, 5.74) is -0.228. The third kappa shape index (κ3) is 3.83. The number of benzene rings is 1. The van der Waals surface area contributed by atoms with E-state index in [1.807, 2.05) is 25.7 Å². The molecule has 4 rings (SSSR count). The van der Waals surface area contributed by atoms with Crippen LogP contribution in [-0.2, 0) is 14.8 Å². The number of anilines is 1. The Morgan fingerprint density at radius 3 is 2.47 bits per heavy atom. The number of rotatable bonds is 3. The Bertz CT molecular complexity index is 956. The molecule has 0 radical (unpaired) electrons. The number of hydrogen-bond acceptors (Lipinski definition) is 6. The highest BCUT2D eigenvalue weighted by Gasteiger charge is 2.59. The van der Waals surface area contributed by atoms with Crippen LogP contribution in [0.2, 0.25) is 0 Å². The van der Waals surface area contributed by atoms with Crippen molar-refractivity contribution in [3.05, 3.63) is 22.7 Å². The van der Waals surface area contributed by atoms with Crippen molar-refractivity contribution in [3.63, 3.8) is 0 Å². The van der Waals surface area contributed by atoms with E-state index in [2.05, 4.69) is 15.9 Å². The van der Waals surface area contributed by atoms with E-state index in [0.717, 1.165) is 18.7 Å². The smallest absolute Gasteiger partial charge is 0.410 e. The van der Waals surface area contributed by atoms with Gasteiger partial charge in [0.1, 0.15) is 5.60 Å². The number of aliphatic hydroxyl groups is 1. The molecule has 1 N–H and O–H groups in total. The molecule has 3 saturated heterocycles. The molecule has 1 spiro atoms. The van der Waals surface area contributed by atoms with E-state index in [-0.39, 0.29) is 11.0 Å². The maximum absolute atomic E-state index is 13.3. The lowest BCUT2D eigenvalue weighted by atomic mass is 9.80. The van der Waals surface area contributed by atoms with Crippen molar-refractivity contribution in [3.8, 4) is 0 Å². The highest BCUT2D eigenvalue weighted by Crippen LogP contribution is 2.44. The Kier molecular flexibility index (Phi) is 5.36. The minimum Gasteiger partial charge on any atom is -0.444 e. The Morgan fingerprint density at radius 1 is 1.27 bits per heavy atom. The van der Waals surface area contributed by atoms with Gasteiger partial charge in [-0.15, -0.1) is 0 Å². The second kappa shape index (κ2) is 7.36. The molecule has 0 bridgehead atoms. The monoisotopic (exact) mass is 501 g/mol. The van der Waals surface area contributed by atoms with Gasteiger partial charge in [0.05, 0.1) is 22.2 Å². The predicted octanol–water partition coefficient (Wildman–Crippen LogP) is 2.40. The molecule has 0 unspecified atom stereocenters. The zero-order chi connectivity index (χ0) is 21.9. The number of halogens is 1. The fraction of sp³-hybridized carbons (Fsp3) is 0.650. The Balaban J connectivity index is 1.47. The Hall–Kier alpha value is -1.36. The summed E-state index contributed by atoms with van der Waals surface area (Å²) in [4.78, 5) is 16.1. The van der Waals surface area contributed by atoms with Crippen LogP contribution in [0.4, 0.5) is 10.5 Å². The average molecular weight is 502 g/mol. The van der Waals surface area contributed by atoms with Crippen molar-refractivity contribution >= 4 is 37.7 Å². The molecule has 0 aromatic heterocycles. The zero-order valence-corrected chi connectivity index (χ0v) is 19.9. The molecule has 166 valence electrons. The molecule has 3 aliphatic heterocycles. The van der Waals surface area contributed by atoms with Gasteiger partial charge in [0.25, 0.3) is 0 Å². The SMILES string of the molecule is CC(C)(C)OC(=O)N1CC2(CCN2S(=O)(=O)c2ccc(N3CC[C@H](O)C3)c(Br)c2)C1. The van der Waals surface area contributed by atoms with Crippen LogP contribution in [0.15, 0.2) is 27.6 Å². The van der Waals surface area contributed by atoms with Gasteiger partial charge >= 0.3 is 6.09 Å². The number of likely N-dealkylation sites (tertiary alicyclic amines) is 1. The second-order valence-corrected chi connectivity index (χ2v) is 12.1. The normalized spacial score (nSPS) is 24.0. The molecule has 3 heterocycles. The molecule has 0 saturated carbocycles. The highest BCUT2D eigenvalue weighted by molar-refractivity contribution is 9.10. The molecule has 1 aromatic rings. The molecule has 0 aliphatic carbocycles. The number of carbonyl (C=O) groups is 1. The fourth-order valence-electron chi connectivity index (χ4n) is 4.32. The van der Waals surface area contributed by atoms with Gasteiger partial charge in [0, 0.05) is 37.2 Å². The summed E-state index contributed by atoms with van der Waals surface area (Å²) >= 11 is 3.50. The topological polar surface area (TPSA) is 90.4 Å². The van der Waals surface area contributed by atoms with E-state index in [9.17, 15) is 18.3 Å². The van der Waals surface area contributed by atoms with E-state index in [0.29, 0.717) is 37.1 Å². The molecule has 1 aromatic carbocycles. The highest BCUT2D eigenvalue weighted by atomic mass is 79.9. The first-order valence-electron chi connectivity index (χ1n) is 10.1. The molecular formula is C20H28BrN3O5S. The maximum Gasteiger partial charge on any atom is 0.410 e. The molecule has 1 atom stereocenters. The van der Waals surface area contributed by atoms with Gasteiger partial charge < -0.3 is 19.6 Å². The predicted molar refractivity (Wildman–Crippen MR) is 116 cm³/mol. The fourth-order valence-corrected chi connectivity index (χ4v) is 6.91. The van der Waals surface area contributed by atoms with Crippen LogP contribution in [0, 0.1) is 0 Å². The third-order valence-electron chi connectivity index (χ3n) is 5.94. The molecule has 8 nitrogen and oxygen atoms in total. The van der Waals surface area contributed by atoms with Crippen LogP contribution in [0.1, 0.15) is 33.6 Å². The van der Waals surface area contributed by atoms with E-state index in [4.69, 9.17) is 4.74 Å². The van der Waals surface area contributed by atoms with Crippen molar-refractivity contribution in [2.24, 2.45) is 0 Å². The number of aliphatic hydroxyl groups excluding tert-OH is 1. The zero-order valence-electron chi connectivity index (χ0n) is 17.5. The molecule has 30 heavy (non-hydrogen) atoms. The standard InChI is InChI=1S/C20H28BrN3O5S/c1-19(2,3)29-18(26)23-12-20(13-23)7-9-24(20)30(27,28)15-4-5-17(16(21)10-15)22-8-6-14(25)11-22/h4-5,10,14,25H,6-9,11-13H2,1-3H3/t14-/m0/s1. The summed E-state index contributed by atoms with van der Waals surface area (Å²) in [5.74, 6) is 0. The first kappa shape index (κ1) is 21.9. The van der Waals surface area contributed by atoms with Crippen LogP contribution >= 0.6 is 15.9 Å². The largest absolute Gasteiger partial charge is 0.444 e. The summed E-state index contributed by atoms with van der Waals surface area (Å²) in [6.45, 7) is 7.86. The molecule has 1 amide bonds. The van der Waals surface area contributed by atoms with Crippen molar-refractivity contribution in [2.45, 2.75) is 55.8 Å². The van der Waals surface area contributed by atoms with Crippen molar-refractivity contribution in [2.75, 3.05) is 37.6 Å². The summed E-state index contributed by atoms with van der Waals surface area (Å²) in [7, 11) is -3.67. The average Bonchev–Trinajstić information content (AvgIpc) is 2.96. The van der Waals surface area contributed by atoms with Crippen LogP contribution < -0.4 is 4.90 Å². The van der Waals surface area contributed by atoms with Gasteiger partial charge in [-0.2, -0.15) is 4.31 Å². The molecule has 3 aliphatic rings. The number of β-amino-alcohol motifs (C(OH)–C–C–N with tert-alkyl or cyclic N) is 1. The summed E-state index contributed by atoms with van der Waals surface area (Å²) < 4.78 is 34.2. The van der Waals surface area contributed by atoms with Crippen LogP contribution in [0.3, 0.4) is 0 Å². The molecule has 3 fully saturated rings. The van der Waals surface area contributed by atoms with E-state index < -0.39 is 27.3 Å². The minimum atomic E-state index is -3.67. The first-order valence-corrected chi connectivity index (χ1v) is 12.4. The van der Waals surface area contributed by atoms with Gasteiger partial charge in [0.2, 0.25) is 10.0 Å². The van der Waals surface area contributed by atoms with Gasteiger partial charge in [0.15, 0.2) is 0 Å². The number of sulfonamides is 1. The van der Waals surface area contributed by atoms with Crippen LogP contribution in [0.25, 0.3) is 0 Å². The first-order chi connectivity index (χ1) is 13.9. The van der Waals surface area contributed by atoms with E-state index >= 15 is 0 Å². The van der Waals surface area contributed by atoms with Crippen LogP contribution in [0.5, 0.6) is 0 Å². The van der Waals surface area contributed by atoms with Gasteiger partial charge in [-0.1, -0.05) is 0 Å². The molecule has 10 heteroatoms. The maximum atomic E-state index is 13.3. The Morgan fingerprint density at radius 2 is 1.97 bits per heavy atom. The van der Waals surface area contributed by atoms with E-state index in [1.165, 1.54) is 4.31 Å². The number of nitrogens with zero attached hydrogens (tertiary/aromatic N) is 3. The van der Waals surface area contributed by atoms with Crippen LogP contribution in [-0.4, -0.2) is 78.8 Å². The summed E-state index contributed by atoms with van der Waals surface area (Å²) in [6, 6.07) is 5.04. The van der Waals surface area contributed by atoms with Crippen molar-refractivity contribution in [1.82, 2.24) is 9.21 Å². The molecular weight excluding hydrogens is 474 g/mol. The minimum absolute atomic E-state index is 0.229. The second-order valence-electron chi connectivity index (χ2n) is 9.39. The lowest BCUT2D eigenvalue weighted by Gasteiger charge is -2.60. The number of hydrogen-bond donors (Lipinski definition) is 1. The number of ether oxygens (including phenoxy) is 1. The Labute approximate surface area is 186 Å². The van der Waals surface area contributed by atoms with Gasteiger partial charge in [-0.05, 0) is 67.7 Å². The van der Waals surface area contributed by atoms with Crippen molar-refractivity contribution in [1.29, 1.82) is 0 Å². The summed E-state index contributed by atoms with van der Waals surface area (Å²) in [5, 5.41) is 9.77. The quantitative estimate of drug-likeness (QED) is 0.683. The van der Waals surface area contributed by atoms with Crippen molar-refractivity contribution < 1.29 is 23.1 Å². The number of carbonyl (C=O) groups excluding carboxylic acids is 1. The van der Waals surface area contributed by atoms with Gasteiger partial charge in [-0.25, -0.2) is 13.2 Å². The van der Waals surface area contributed by atoms with E-state index in [1.54, 1.807) is 23.1 Å². The lowest BCUT2D eigenvalue weighted by Crippen LogP contribution is -2.78.